The number of amides is 1. The first-order valence-corrected chi connectivity index (χ1v) is 11.5. The average molecular weight is 493 g/mol. The predicted molar refractivity (Wildman–Crippen MR) is 121 cm³/mol. The van der Waals surface area contributed by atoms with Crippen LogP contribution in [0.4, 0.5) is 0 Å². The molecule has 11 nitrogen and oxygen atoms in total. The molecule has 192 valence electrons. The van der Waals surface area contributed by atoms with Crippen molar-refractivity contribution in [2.45, 2.75) is 72.6 Å². The van der Waals surface area contributed by atoms with Crippen molar-refractivity contribution in [2.24, 2.45) is 11.8 Å². The first-order chi connectivity index (χ1) is 16.5. The fourth-order valence-corrected chi connectivity index (χ4v) is 3.43. The number of cyclic esters (lactones) is 2. The standard InChI is InChI=1S/C24H32N2O9/c1-7-12(3)22(29)35-20-14(5)33-24(31)17(11-32-23(30)16(20)8-2)26-21(28)18-19(34-15(6)27)13(4)9-10-25-18/h9-10,12,14,16-17,20H,7-8,11H2,1-6H3,(H,26,28)/t12?,14-,16+,17-,20-/m0/s1. The van der Waals surface area contributed by atoms with Gasteiger partial charge in [0.1, 0.15) is 12.7 Å². The lowest BCUT2D eigenvalue weighted by Gasteiger charge is -2.29. The lowest BCUT2D eigenvalue weighted by atomic mass is 9.95. The summed E-state index contributed by atoms with van der Waals surface area (Å²) in [6, 6.07) is 0.182. The molecule has 5 atom stereocenters. The number of carbonyl (C=O) groups is 5. The van der Waals surface area contributed by atoms with Crippen molar-refractivity contribution >= 4 is 29.8 Å². The van der Waals surface area contributed by atoms with Crippen LogP contribution in [0.3, 0.4) is 0 Å². The normalized spacial score (nSPS) is 23.5. The van der Waals surface area contributed by atoms with Crippen LogP contribution in [0.2, 0.25) is 0 Å². The van der Waals surface area contributed by atoms with E-state index in [-0.39, 0.29) is 17.9 Å². The molecular formula is C24H32N2O9. The van der Waals surface area contributed by atoms with Gasteiger partial charge in [0.05, 0.1) is 11.8 Å². The summed E-state index contributed by atoms with van der Waals surface area (Å²) in [5.41, 5.74) is 0.258. The molecule has 0 bridgehead atoms. The lowest BCUT2D eigenvalue weighted by molar-refractivity contribution is -0.177. The second kappa shape index (κ2) is 12.3. The Morgan fingerprint density at radius 2 is 1.91 bits per heavy atom. The van der Waals surface area contributed by atoms with Crippen molar-refractivity contribution < 1.29 is 42.9 Å². The summed E-state index contributed by atoms with van der Waals surface area (Å²) < 4.78 is 21.4. The van der Waals surface area contributed by atoms with E-state index in [2.05, 4.69) is 10.3 Å². The van der Waals surface area contributed by atoms with Gasteiger partial charge in [-0.2, -0.15) is 0 Å². The van der Waals surface area contributed by atoms with Crippen LogP contribution in [0.1, 0.15) is 63.5 Å². The predicted octanol–water partition coefficient (Wildman–Crippen LogP) is 1.89. The highest BCUT2D eigenvalue weighted by atomic mass is 16.6. The number of hydrogen-bond donors (Lipinski definition) is 1. The molecule has 2 heterocycles. The van der Waals surface area contributed by atoms with E-state index in [0.29, 0.717) is 12.0 Å². The van der Waals surface area contributed by atoms with Gasteiger partial charge in [0.25, 0.3) is 5.91 Å². The highest BCUT2D eigenvalue weighted by Crippen LogP contribution is 2.25. The van der Waals surface area contributed by atoms with Crippen LogP contribution >= 0.6 is 0 Å². The van der Waals surface area contributed by atoms with Crippen LogP contribution in [0, 0.1) is 18.8 Å². The molecule has 2 rings (SSSR count). The molecule has 0 aliphatic carbocycles. The highest BCUT2D eigenvalue weighted by Gasteiger charge is 2.41. The molecule has 1 aliphatic rings. The topological polar surface area (TPSA) is 147 Å². The molecule has 1 N–H and O–H groups in total. The number of carbonyl (C=O) groups excluding carboxylic acids is 5. The van der Waals surface area contributed by atoms with Crippen molar-refractivity contribution in [2.75, 3.05) is 6.61 Å². The zero-order valence-corrected chi connectivity index (χ0v) is 20.8. The summed E-state index contributed by atoms with van der Waals surface area (Å²) in [4.78, 5) is 66.4. The van der Waals surface area contributed by atoms with Crippen molar-refractivity contribution in [1.29, 1.82) is 0 Å². The molecule has 1 fully saturated rings. The third kappa shape index (κ3) is 7.00. The van der Waals surface area contributed by atoms with Gasteiger partial charge < -0.3 is 24.3 Å². The van der Waals surface area contributed by atoms with Crippen molar-refractivity contribution in [3.63, 3.8) is 0 Å². The summed E-state index contributed by atoms with van der Waals surface area (Å²) in [7, 11) is 0. The summed E-state index contributed by atoms with van der Waals surface area (Å²) in [5, 5.41) is 2.43. The molecule has 1 aromatic rings. The second-order valence-electron chi connectivity index (χ2n) is 8.42. The molecule has 1 unspecified atom stereocenters. The van der Waals surface area contributed by atoms with Crippen molar-refractivity contribution in [3.05, 3.63) is 23.5 Å². The highest BCUT2D eigenvalue weighted by molar-refractivity contribution is 5.98. The van der Waals surface area contributed by atoms with E-state index in [9.17, 15) is 24.0 Å². The Morgan fingerprint density at radius 1 is 1.23 bits per heavy atom. The number of aromatic nitrogens is 1. The third-order valence-corrected chi connectivity index (χ3v) is 5.72. The van der Waals surface area contributed by atoms with Gasteiger partial charge in [-0.15, -0.1) is 0 Å². The Kier molecular flexibility index (Phi) is 9.73. The number of hydrogen-bond acceptors (Lipinski definition) is 10. The number of rotatable bonds is 7. The molecular weight excluding hydrogens is 460 g/mol. The zero-order valence-electron chi connectivity index (χ0n) is 20.8. The summed E-state index contributed by atoms with van der Waals surface area (Å²) >= 11 is 0. The van der Waals surface area contributed by atoms with Gasteiger partial charge in [-0.3, -0.25) is 19.2 Å². The van der Waals surface area contributed by atoms with E-state index in [0.717, 1.165) is 0 Å². The molecule has 0 radical (unpaired) electrons. The third-order valence-electron chi connectivity index (χ3n) is 5.72. The number of nitrogens with zero attached hydrogens (tertiary/aromatic N) is 1. The molecule has 35 heavy (non-hydrogen) atoms. The maximum Gasteiger partial charge on any atom is 0.332 e. The van der Waals surface area contributed by atoms with E-state index in [1.807, 2.05) is 6.92 Å². The molecule has 0 spiro atoms. The summed E-state index contributed by atoms with van der Waals surface area (Å²) in [6.07, 6.45) is 0.121. The van der Waals surface area contributed by atoms with Gasteiger partial charge in [0.15, 0.2) is 23.6 Å². The van der Waals surface area contributed by atoms with E-state index in [1.54, 1.807) is 26.8 Å². The monoisotopic (exact) mass is 492 g/mol. The molecule has 0 aromatic carbocycles. The van der Waals surface area contributed by atoms with Gasteiger partial charge in [-0.05, 0) is 38.3 Å². The molecule has 1 aliphatic heterocycles. The molecule has 1 amide bonds. The van der Waals surface area contributed by atoms with Crippen LogP contribution in [-0.2, 0) is 33.4 Å². The Morgan fingerprint density at radius 3 is 2.51 bits per heavy atom. The largest absolute Gasteiger partial charge is 0.463 e. The molecule has 0 saturated carbocycles. The second-order valence-corrected chi connectivity index (χ2v) is 8.42. The number of ether oxygens (including phenoxy) is 4. The average Bonchev–Trinajstić information content (AvgIpc) is 2.84. The van der Waals surface area contributed by atoms with Crippen LogP contribution in [-0.4, -0.2) is 59.6 Å². The van der Waals surface area contributed by atoms with Gasteiger partial charge in [-0.25, -0.2) is 9.78 Å². The Labute approximate surface area is 203 Å². The zero-order chi connectivity index (χ0) is 26.3. The molecule has 1 saturated heterocycles. The van der Waals surface area contributed by atoms with Crippen molar-refractivity contribution in [3.8, 4) is 5.75 Å². The molecule has 11 heteroatoms. The number of nitrogens with one attached hydrogen (secondary N) is 1. The first kappa shape index (κ1) is 27.7. The SMILES string of the molecule is CCC(C)C(=O)O[C@H]1[C@H](C)OC(=O)[C@@H](NC(=O)c2nccc(C)c2OC(C)=O)COC(=O)[C@@H]1CC. The minimum atomic E-state index is -1.37. The maximum absolute atomic E-state index is 12.9. The fraction of sp³-hybridized carbons (Fsp3) is 0.583. The summed E-state index contributed by atoms with van der Waals surface area (Å²) in [5.74, 6) is -4.89. The van der Waals surface area contributed by atoms with Gasteiger partial charge in [0.2, 0.25) is 0 Å². The van der Waals surface area contributed by atoms with Crippen LogP contribution in [0.25, 0.3) is 0 Å². The van der Waals surface area contributed by atoms with Crippen LogP contribution in [0.5, 0.6) is 5.75 Å². The van der Waals surface area contributed by atoms with Crippen molar-refractivity contribution in [1.82, 2.24) is 10.3 Å². The Hall–Kier alpha value is -3.50. The fourth-order valence-electron chi connectivity index (χ4n) is 3.43. The first-order valence-electron chi connectivity index (χ1n) is 11.5. The Bertz CT molecular complexity index is 978. The van der Waals surface area contributed by atoms with E-state index >= 15 is 0 Å². The molecule has 1 aromatic heterocycles. The lowest BCUT2D eigenvalue weighted by Crippen LogP contribution is -2.47. The number of aryl methyl sites for hydroxylation is 1. The minimum Gasteiger partial charge on any atom is -0.463 e. The van der Waals surface area contributed by atoms with E-state index < -0.39 is 66.5 Å². The summed E-state index contributed by atoms with van der Waals surface area (Å²) in [6.45, 7) is 9.05. The van der Waals surface area contributed by atoms with Gasteiger partial charge in [0, 0.05) is 13.1 Å². The number of pyridine rings is 1. The van der Waals surface area contributed by atoms with Gasteiger partial charge >= 0.3 is 23.9 Å². The van der Waals surface area contributed by atoms with Gasteiger partial charge in [-0.1, -0.05) is 20.8 Å². The quantitative estimate of drug-likeness (QED) is 0.442. The number of esters is 4. The minimum absolute atomic E-state index is 0.0534. The maximum atomic E-state index is 12.9. The van der Waals surface area contributed by atoms with Crippen LogP contribution < -0.4 is 10.1 Å². The van der Waals surface area contributed by atoms with E-state index in [1.165, 1.54) is 20.0 Å². The van der Waals surface area contributed by atoms with E-state index in [4.69, 9.17) is 18.9 Å². The van der Waals surface area contributed by atoms with Crippen LogP contribution in [0.15, 0.2) is 12.3 Å². The Balaban J connectivity index is 2.28. The smallest absolute Gasteiger partial charge is 0.332 e.